The van der Waals surface area contributed by atoms with Gasteiger partial charge < -0.3 is 4.74 Å². The molecule has 102 valence electrons. The van der Waals surface area contributed by atoms with Crippen molar-refractivity contribution in [3.63, 3.8) is 0 Å². The van der Waals surface area contributed by atoms with Crippen LogP contribution in [0.2, 0.25) is 0 Å². The van der Waals surface area contributed by atoms with Crippen LogP contribution < -0.4 is 0 Å². The smallest absolute Gasteiger partial charge is 0.311 e. The van der Waals surface area contributed by atoms with E-state index in [1.54, 1.807) is 0 Å². The minimum absolute atomic E-state index is 0.0617. The van der Waals surface area contributed by atoms with Crippen LogP contribution in [0, 0.1) is 17.3 Å². The Balaban J connectivity index is 4.69. The number of esters is 1. The fourth-order valence-electron chi connectivity index (χ4n) is 2.05. The summed E-state index contributed by atoms with van der Waals surface area (Å²) < 4.78 is 5.74. The summed E-state index contributed by atoms with van der Waals surface area (Å²) in [7, 11) is 0. The molecule has 0 rings (SSSR count). The SMILES string of the molecule is CCCC(CC)C(OC(=O)C(C)(C)C)C(C)C. The Hall–Kier alpha value is -0.530. The van der Waals surface area contributed by atoms with E-state index in [0.717, 1.165) is 19.3 Å². The molecular formula is C15H30O2. The van der Waals surface area contributed by atoms with Crippen LogP contribution >= 0.6 is 0 Å². The monoisotopic (exact) mass is 242 g/mol. The molecule has 0 heterocycles. The molecule has 17 heavy (non-hydrogen) atoms. The minimum Gasteiger partial charge on any atom is -0.461 e. The first-order chi connectivity index (χ1) is 7.73. The van der Waals surface area contributed by atoms with Gasteiger partial charge in [0, 0.05) is 0 Å². The van der Waals surface area contributed by atoms with Crippen molar-refractivity contribution in [2.75, 3.05) is 0 Å². The molecule has 0 aromatic carbocycles. The molecule has 0 fully saturated rings. The fraction of sp³-hybridized carbons (Fsp3) is 0.933. The van der Waals surface area contributed by atoms with E-state index in [9.17, 15) is 4.79 Å². The predicted octanol–water partition coefficient (Wildman–Crippen LogP) is 4.43. The van der Waals surface area contributed by atoms with Crippen molar-refractivity contribution in [3.8, 4) is 0 Å². The molecular weight excluding hydrogens is 212 g/mol. The van der Waals surface area contributed by atoms with Crippen LogP contribution in [-0.2, 0) is 9.53 Å². The molecule has 0 saturated heterocycles. The maximum Gasteiger partial charge on any atom is 0.311 e. The van der Waals surface area contributed by atoms with Crippen LogP contribution in [0.5, 0.6) is 0 Å². The number of hydrogen-bond donors (Lipinski definition) is 0. The molecule has 0 saturated carbocycles. The van der Waals surface area contributed by atoms with Crippen LogP contribution in [-0.4, -0.2) is 12.1 Å². The third-order valence-corrected chi connectivity index (χ3v) is 3.16. The van der Waals surface area contributed by atoms with Gasteiger partial charge in [0.05, 0.1) is 5.41 Å². The lowest BCUT2D eigenvalue weighted by molar-refractivity contribution is -0.164. The highest BCUT2D eigenvalue weighted by molar-refractivity contribution is 5.75. The van der Waals surface area contributed by atoms with Crippen molar-refractivity contribution in [2.24, 2.45) is 17.3 Å². The van der Waals surface area contributed by atoms with E-state index in [1.165, 1.54) is 0 Å². The molecule has 0 amide bonds. The van der Waals surface area contributed by atoms with E-state index in [2.05, 4.69) is 27.7 Å². The van der Waals surface area contributed by atoms with E-state index in [4.69, 9.17) is 4.74 Å². The number of hydrogen-bond acceptors (Lipinski definition) is 2. The van der Waals surface area contributed by atoms with E-state index in [-0.39, 0.29) is 12.1 Å². The van der Waals surface area contributed by atoms with Crippen LogP contribution in [0.1, 0.15) is 67.7 Å². The van der Waals surface area contributed by atoms with Gasteiger partial charge in [0.15, 0.2) is 0 Å². The predicted molar refractivity (Wildman–Crippen MR) is 72.9 cm³/mol. The van der Waals surface area contributed by atoms with Crippen LogP contribution in [0.3, 0.4) is 0 Å². The minimum atomic E-state index is -0.405. The summed E-state index contributed by atoms with van der Waals surface area (Å²) in [5, 5.41) is 0. The number of rotatable bonds is 6. The Morgan fingerprint density at radius 1 is 1.18 bits per heavy atom. The lowest BCUT2D eigenvalue weighted by Gasteiger charge is -2.31. The molecule has 0 aliphatic rings. The Morgan fingerprint density at radius 3 is 2.00 bits per heavy atom. The van der Waals surface area contributed by atoms with Gasteiger partial charge >= 0.3 is 5.97 Å². The first kappa shape index (κ1) is 16.5. The van der Waals surface area contributed by atoms with Gasteiger partial charge in [0.1, 0.15) is 6.10 Å². The quantitative estimate of drug-likeness (QED) is 0.644. The van der Waals surface area contributed by atoms with Crippen LogP contribution in [0.25, 0.3) is 0 Å². The molecule has 2 unspecified atom stereocenters. The number of carbonyl (C=O) groups is 1. The molecule has 2 atom stereocenters. The topological polar surface area (TPSA) is 26.3 Å². The Morgan fingerprint density at radius 2 is 1.71 bits per heavy atom. The van der Waals surface area contributed by atoms with Gasteiger partial charge in [-0.1, -0.05) is 34.1 Å². The van der Waals surface area contributed by atoms with Crippen molar-refractivity contribution in [3.05, 3.63) is 0 Å². The molecule has 0 aromatic rings. The van der Waals surface area contributed by atoms with Gasteiger partial charge in [-0.3, -0.25) is 4.79 Å². The normalized spacial score (nSPS) is 15.8. The third-order valence-electron chi connectivity index (χ3n) is 3.16. The highest BCUT2D eigenvalue weighted by atomic mass is 16.5. The zero-order valence-corrected chi connectivity index (χ0v) is 12.7. The second kappa shape index (κ2) is 7.03. The first-order valence-electron chi connectivity index (χ1n) is 6.95. The van der Waals surface area contributed by atoms with E-state index in [0.29, 0.717) is 11.8 Å². The lowest BCUT2D eigenvalue weighted by Crippen LogP contribution is -2.35. The summed E-state index contributed by atoms with van der Waals surface area (Å²) >= 11 is 0. The zero-order valence-electron chi connectivity index (χ0n) is 12.7. The molecule has 0 N–H and O–H groups in total. The van der Waals surface area contributed by atoms with Crippen molar-refractivity contribution < 1.29 is 9.53 Å². The third kappa shape index (κ3) is 5.56. The van der Waals surface area contributed by atoms with Gasteiger partial charge in [0.2, 0.25) is 0 Å². The van der Waals surface area contributed by atoms with Gasteiger partial charge in [-0.25, -0.2) is 0 Å². The molecule has 2 heteroatoms. The van der Waals surface area contributed by atoms with Gasteiger partial charge in [-0.2, -0.15) is 0 Å². The molecule has 0 spiro atoms. The Labute approximate surface area is 107 Å². The largest absolute Gasteiger partial charge is 0.461 e. The van der Waals surface area contributed by atoms with Crippen molar-refractivity contribution in [2.45, 2.75) is 73.8 Å². The van der Waals surface area contributed by atoms with Crippen molar-refractivity contribution in [1.82, 2.24) is 0 Å². The maximum absolute atomic E-state index is 12.0. The molecule has 0 aliphatic heterocycles. The van der Waals surface area contributed by atoms with Gasteiger partial charge in [0.25, 0.3) is 0 Å². The molecule has 0 aliphatic carbocycles. The average Bonchev–Trinajstić information content (AvgIpc) is 2.20. The van der Waals surface area contributed by atoms with E-state index < -0.39 is 5.41 Å². The summed E-state index contributed by atoms with van der Waals surface area (Å²) in [5.74, 6) is 0.801. The highest BCUT2D eigenvalue weighted by Gasteiger charge is 2.31. The zero-order chi connectivity index (χ0) is 13.6. The van der Waals surface area contributed by atoms with Crippen molar-refractivity contribution >= 4 is 5.97 Å². The number of ether oxygens (including phenoxy) is 1. The lowest BCUT2D eigenvalue weighted by atomic mass is 9.87. The molecule has 0 bridgehead atoms. The maximum atomic E-state index is 12.0. The Bertz CT molecular complexity index is 226. The standard InChI is InChI=1S/C15H30O2/c1-8-10-12(9-2)13(11(3)4)17-14(16)15(5,6)7/h11-13H,8-10H2,1-7H3. The average molecular weight is 242 g/mol. The van der Waals surface area contributed by atoms with Crippen LogP contribution in [0.4, 0.5) is 0 Å². The highest BCUT2D eigenvalue weighted by Crippen LogP contribution is 2.27. The molecule has 0 aromatic heterocycles. The molecule has 0 radical (unpaired) electrons. The second-order valence-corrected chi connectivity index (χ2v) is 6.32. The van der Waals surface area contributed by atoms with Gasteiger partial charge in [-0.15, -0.1) is 0 Å². The summed E-state index contributed by atoms with van der Waals surface area (Å²) in [6.07, 6.45) is 3.42. The number of carbonyl (C=O) groups excluding carboxylic acids is 1. The summed E-state index contributed by atoms with van der Waals surface area (Å²) in [6.45, 7) is 14.4. The summed E-state index contributed by atoms with van der Waals surface area (Å²) in [4.78, 5) is 12.0. The summed E-state index contributed by atoms with van der Waals surface area (Å²) in [5.41, 5.74) is -0.405. The van der Waals surface area contributed by atoms with E-state index >= 15 is 0 Å². The van der Waals surface area contributed by atoms with Crippen LogP contribution in [0.15, 0.2) is 0 Å². The van der Waals surface area contributed by atoms with E-state index in [1.807, 2.05) is 20.8 Å². The van der Waals surface area contributed by atoms with Crippen molar-refractivity contribution in [1.29, 1.82) is 0 Å². The first-order valence-corrected chi connectivity index (χ1v) is 6.95. The second-order valence-electron chi connectivity index (χ2n) is 6.32. The molecule has 2 nitrogen and oxygen atoms in total. The fourth-order valence-corrected chi connectivity index (χ4v) is 2.05. The van der Waals surface area contributed by atoms with Gasteiger partial charge in [-0.05, 0) is 45.4 Å². The Kier molecular flexibility index (Phi) is 6.81. The summed E-state index contributed by atoms with van der Waals surface area (Å²) in [6, 6.07) is 0.